The van der Waals surface area contributed by atoms with Gasteiger partial charge in [0.05, 0.1) is 49.8 Å². The number of nitrogens with zero attached hydrogens (tertiary/aromatic N) is 15. The van der Waals surface area contributed by atoms with E-state index in [-0.39, 0.29) is 17.2 Å². The Bertz CT molecular complexity index is 4110. The van der Waals surface area contributed by atoms with Crippen molar-refractivity contribution in [3.05, 3.63) is 110 Å². The molecule has 9 N–H and O–H groups in total. The van der Waals surface area contributed by atoms with Crippen molar-refractivity contribution < 1.29 is 15.3 Å². The van der Waals surface area contributed by atoms with Crippen molar-refractivity contribution in [2.24, 2.45) is 0 Å². The molecule has 1 saturated carbocycles. The maximum atomic E-state index is 10.6. The quantitative estimate of drug-likeness (QED) is 0.0519. The largest absolute Gasteiger partial charge is 0.507 e. The molecule has 11 heterocycles. The highest BCUT2D eigenvalue weighted by molar-refractivity contribution is 7.22. The van der Waals surface area contributed by atoms with Crippen molar-refractivity contribution in [3.8, 4) is 84.4 Å². The van der Waals surface area contributed by atoms with Crippen LogP contribution in [0, 0.1) is 0 Å². The minimum atomic E-state index is 0.159. The molecule has 2 atom stereocenters. The fourth-order valence-electron chi connectivity index (χ4n) is 11.0. The van der Waals surface area contributed by atoms with Crippen LogP contribution in [0.25, 0.3) is 98.2 Å². The minimum Gasteiger partial charge on any atom is -0.507 e. The highest BCUT2D eigenvalue weighted by atomic mass is 32.1. The number of rotatable bonds is 13. The van der Waals surface area contributed by atoms with Crippen LogP contribution in [0.4, 0.5) is 15.4 Å². The number of likely N-dealkylation sites (N-methyl/N-ethyl adjacent to an activating group) is 2. The molecule has 0 spiro atoms. The SMILES string of the molecule is CN(c1nc2nnc(-c3ccc(-c4cn[nH]c4)cc3O)cc2s1)[C@@H]1CCCNC1.CN(c1nc2nnc(-c3ccc(-c4cn[nH]c4)cc3O)cc2s1)[C@H]1CCCNC1.CNC1CC(N(C)c2nc3nnc(-c4ccc(-c5cn[nH]c5)cc4O)cc3s2)C1. The van der Waals surface area contributed by atoms with E-state index in [1.807, 2.05) is 61.6 Å². The van der Waals surface area contributed by atoms with Crippen molar-refractivity contribution >= 4 is 80.4 Å². The topological polar surface area (TPSA) is 309 Å². The monoisotopic (exact) mass is 1220 g/mol. The molecule has 0 unspecified atom stereocenters. The highest BCUT2D eigenvalue weighted by Crippen LogP contribution is 2.40. The van der Waals surface area contributed by atoms with E-state index in [2.05, 4.69) is 128 Å². The maximum Gasteiger partial charge on any atom is 0.194 e. The molecular weight excluding hydrogens is 1160 g/mol. The first-order valence-corrected chi connectivity index (χ1v) is 31.1. The average Bonchev–Trinajstić information content (AvgIpc) is 2.10. The number of fused-ring (bicyclic) bond motifs is 3. The van der Waals surface area contributed by atoms with Crippen LogP contribution in [0.15, 0.2) is 110 Å². The number of benzene rings is 3. The highest BCUT2D eigenvalue weighted by Gasteiger charge is 2.33. The van der Waals surface area contributed by atoms with E-state index in [1.165, 1.54) is 12.8 Å². The fraction of sp³-hybridized carbons (Fsp3) is 0.300. The van der Waals surface area contributed by atoms with Crippen LogP contribution in [-0.4, -0.2) is 170 Å². The summed E-state index contributed by atoms with van der Waals surface area (Å²) >= 11 is 4.82. The number of aromatic nitrogens is 15. The molecule has 87 heavy (non-hydrogen) atoms. The summed E-state index contributed by atoms with van der Waals surface area (Å²) in [5.41, 5.74) is 11.1. The molecule has 24 nitrogen and oxygen atoms in total. The molecule has 2 aliphatic heterocycles. The zero-order chi connectivity index (χ0) is 59.5. The van der Waals surface area contributed by atoms with Gasteiger partial charge in [0.2, 0.25) is 0 Å². The summed E-state index contributed by atoms with van der Waals surface area (Å²) in [6.45, 7) is 4.12. The molecule has 1 aliphatic carbocycles. The van der Waals surface area contributed by atoms with Gasteiger partial charge >= 0.3 is 0 Å². The maximum absolute atomic E-state index is 10.6. The number of phenolic OH excluding ortho intramolecular Hbond substituents is 3. The molecule has 27 heteroatoms. The van der Waals surface area contributed by atoms with Crippen molar-refractivity contribution in [1.29, 1.82) is 0 Å². The van der Waals surface area contributed by atoms with E-state index in [0.717, 1.165) is 115 Å². The number of piperidine rings is 2. The Labute approximate surface area is 511 Å². The smallest absolute Gasteiger partial charge is 0.194 e. The van der Waals surface area contributed by atoms with Crippen LogP contribution in [0.3, 0.4) is 0 Å². The summed E-state index contributed by atoms with van der Waals surface area (Å²) in [6, 6.07) is 24.3. The van der Waals surface area contributed by atoms with Gasteiger partial charge < -0.3 is 46.0 Å². The summed E-state index contributed by atoms with van der Waals surface area (Å²) in [7, 11) is 8.27. The Morgan fingerprint density at radius 1 is 0.460 bits per heavy atom. The lowest BCUT2D eigenvalue weighted by Gasteiger charge is -2.40. The van der Waals surface area contributed by atoms with Gasteiger partial charge in [-0.05, 0) is 130 Å². The number of aromatic hydroxyl groups is 3. The molecular formula is C60H63N21O3S3. The summed E-state index contributed by atoms with van der Waals surface area (Å²) < 4.78 is 2.87. The van der Waals surface area contributed by atoms with E-state index < -0.39 is 0 Å². The molecule has 15 rings (SSSR count). The van der Waals surface area contributed by atoms with Gasteiger partial charge in [-0.25, -0.2) is 0 Å². The first-order chi connectivity index (χ1) is 42.5. The second-order valence-corrected chi connectivity index (χ2v) is 24.9. The van der Waals surface area contributed by atoms with Crippen LogP contribution in [0.2, 0.25) is 0 Å². The van der Waals surface area contributed by atoms with Crippen LogP contribution in [0.1, 0.15) is 38.5 Å². The molecule has 9 aromatic heterocycles. The number of phenols is 3. The lowest BCUT2D eigenvalue weighted by atomic mass is 9.86. The number of H-pyrrole nitrogens is 3. The Hall–Kier alpha value is -9.12. The van der Waals surface area contributed by atoms with Crippen molar-refractivity contribution in [1.82, 2.24) is 92.1 Å². The zero-order valence-corrected chi connectivity index (χ0v) is 50.5. The Morgan fingerprint density at radius 2 is 0.816 bits per heavy atom. The number of hydrogen-bond donors (Lipinski definition) is 9. The van der Waals surface area contributed by atoms with Crippen molar-refractivity contribution in [2.75, 3.05) is 69.1 Å². The summed E-state index contributed by atoms with van der Waals surface area (Å²) in [5.74, 6) is 0.478. The van der Waals surface area contributed by atoms with Gasteiger partial charge in [0, 0.05) is 110 Å². The molecule has 0 bridgehead atoms. The lowest BCUT2D eigenvalue weighted by Crippen LogP contribution is -2.50. The van der Waals surface area contributed by atoms with Crippen LogP contribution in [0.5, 0.6) is 17.2 Å². The Kier molecular flexibility index (Phi) is 16.4. The number of aromatic amines is 3. The summed E-state index contributed by atoms with van der Waals surface area (Å²) in [5, 5.41) is 90.7. The van der Waals surface area contributed by atoms with E-state index in [1.54, 1.807) is 89.4 Å². The first-order valence-electron chi connectivity index (χ1n) is 28.7. The summed E-state index contributed by atoms with van der Waals surface area (Å²) in [6.07, 6.45) is 17.4. The minimum absolute atomic E-state index is 0.159. The molecule has 3 aliphatic rings. The van der Waals surface area contributed by atoms with Crippen LogP contribution in [-0.2, 0) is 0 Å². The van der Waals surface area contributed by atoms with Crippen molar-refractivity contribution in [2.45, 2.75) is 62.7 Å². The third kappa shape index (κ3) is 12.2. The second-order valence-electron chi connectivity index (χ2n) is 21.8. The third-order valence-corrected chi connectivity index (χ3v) is 19.6. The van der Waals surface area contributed by atoms with Gasteiger partial charge in [-0.1, -0.05) is 52.2 Å². The van der Waals surface area contributed by atoms with Gasteiger partial charge in [0.1, 0.15) is 17.2 Å². The molecule has 0 radical (unpaired) electrons. The molecule has 3 fully saturated rings. The molecule has 3 aromatic carbocycles. The van der Waals surface area contributed by atoms with E-state index in [0.29, 0.717) is 74.9 Å². The Balaban J connectivity index is 0.000000121. The molecule has 0 amide bonds. The number of nitrogens with one attached hydrogen (secondary N) is 6. The van der Waals surface area contributed by atoms with Crippen molar-refractivity contribution in [3.63, 3.8) is 0 Å². The first kappa shape index (κ1) is 57.0. The van der Waals surface area contributed by atoms with Gasteiger partial charge in [0.25, 0.3) is 0 Å². The number of anilines is 3. The van der Waals surface area contributed by atoms with Gasteiger partial charge in [-0.15, -0.1) is 30.6 Å². The number of hydrogen-bond acceptors (Lipinski definition) is 24. The van der Waals surface area contributed by atoms with E-state index in [9.17, 15) is 15.3 Å². The molecule has 2 saturated heterocycles. The predicted molar refractivity (Wildman–Crippen MR) is 343 cm³/mol. The molecule has 444 valence electrons. The summed E-state index contributed by atoms with van der Waals surface area (Å²) in [4.78, 5) is 20.7. The van der Waals surface area contributed by atoms with Crippen LogP contribution < -0.4 is 30.7 Å². The zero-order valence-electron chi connectivity index (χ0n) is 48.0. The molecule has 12 aromatic rings. The lowest BCUT2D eigenvalue weighted by molar-refractivity contribution is 0.299. The van der Waals surface area contributed by atoms with E-state index >= 15 is 0 Å². The fourth-order valence-corrected chi connectivity index (χ4v) is 13.9. The standard InChI is InChI=1S/3C20H21N7OS/c1-21-13-6-14(7-13)27(2)20-24-19-18(29-20)8-16(25-26-19)15-4-3-11(5-17(15)28)12-9-22-23-10-12;2*1-27(14-3-2-6-21-11-14)20-24-19-18(29-20)8-16(25-26-19)15-5-4-12(7-17(15)28)13-9-22-23-10-13/h3-5,8-10,13-14,21,28H,6-7H2,1-2H3,(H,22,23);2*4-5,7-10,14,21,28H,2-3,6,11H2,1H3,(H,22,23)/t;2*14-/m.10/s1. The Morgan fingerprint density at radius 3 is 1.11 bits per heavy atom. The number of thiazole rings is 3. The van der Waals surface area contributed by atoms with Gasteiger partial charge in [-0.2, -0.15) is 30.2 Å². The second kappa shape index (κ2) is 25.1. The van der Waals surface area contributed by atoms with E-state index in [4.69, 9.17) is 0 Å². The van der Waals surface area contributed by atoms with Gasteiger partial charge in [-0.3, -0.25) is 15.3 Å². The van der Waals surface area contributed by atoms with Crippen LogP contribution >= 0.6 is 34.0 Å². The third-order valence-electron chi connectivity index (χ3n) is 16.4. The average molecular weight is 1220 g/mol. The van der Waals surface area contributed by atoms with Gasteiger partial charge in [0.15, 0.2) is 32.3 Å². The predicted octanol–water partition coefficient (Wildman–Crippen LogP) is 9.11. The normalized spacial score (nSPS) is 17.5.